The highest BCUT2D eigenvalue weighted by atomic mass is 16.6. The van der Waals surface area contributed by atoms with Crippen LogP contribution in [-0.2, 0) is 20.7 Å². The van der Waals surface area contributed by atoms with Gasteiger partial charge < -0.3 is 24.3 Å². The quantitative estimate of drug-likeness (QED) is 0.513. The first-order valence-electron chi connectivity index (χ1n) is 11.0. The van der Waals surface area contributed by atoms with Crippen LogP contribution in [0.2, 0.25) is 0 Å². The van der Waals surface area contributed by atoms with E-state index in [1.54, 1.807) is 26.8 Å². The van der Waals surface area contributed by atoms with E-state index >= 15 is 0 Å². The molecular formula is C25H31NO7. The number of nitrogens with one attached hydrogen (secondary N) is 1. The molecule has 2 aromatic rings. The van der Waals surface area contributed by atoms with Gasteiger partial charge in [-0.1, -0.05) is 24.3 Å². The second-order valence-electron chi connectivity index (χ2n) is 9.62. The fourth-order valence-electron chi connectivity index (χ4n) is 3.60. The van der Waals surface area contributed by atoms with Crippen LogP contribution in [-0.4, -0.2) is 35.8 Å². The lowest BCUT2D eigenvalue weighted by molar-refractivity contribution is -0.136. The van der Waals surface area contributed by atoms with E-state index in [2.05, 4.69) is 5.32 Å². The fourth-order valence-corrected chi connectivity index (χ4v) is 3.60. The summed E-state index contributed by atoms with van der Waals surface area (Å²) in [4.78, 5) is 36.3. The maximum Gasteiger partial charge on any atom is 0.407 e. The molecule has 0 aromatic heterocycles. The van der Waals surface area contributed by atoms with Crippen LogP contribution in [0.15, 0.2) is 24.3 Å². The number of rotatable bonds is 5. The Morgan fingerprint density at radius 2 is 1.73 bits per heavy atom. The van der Waals surface area contributed by atoms with E-state index in [-0.39, 0.29) is 30.1 Å². The van der Waals surface area contributed by atoms with Crippen LogP contribution >= 0.6 is 0 Å². The van der Waals surface area contributed by atoms with Crippen molar-refractivity contribution in [1.82, 2.24) is 5.32 Å². The Morgan fingerprint density at radius 3 is 2.36 bits per heavy atom. The molecule has 2 aromatic carbocycles. The summed E-state index contributed by atoms with van der Waals surface area (Å²) in [5.41, 5.74) is -0.324. The number of benzene rings is 2. The maximum absolute atomic E-state index is 12.6. The van der Waals surface area contributed by atoms with Gasteiger partial charge in [0.2, 0.25) is 0 Å². The second kappa shape index (κ2) is 9.29. The number of fused-ring (bicyclic) bond motifs is 3. The predicted octanol–water partition coefficient (Wildman–Crippen LogP) is 4.69. The molecule has 0 bridgehead atoms. The van der Waals surface area contributed by atoms with Crippen molar-refractivity contribution in [3.05, 3.63) is 29.8 Å². The molecule has 1 N–H and O–H groups in total. The Labute approximate surface area is 193 Å². The third kappa shape index (κ3) is 6.15. The van der Waals surface area contributed by atoms with Crippen molar-refractivity contribution in [3.63, 3.8) is 0 Å². The molecular weight excluding hydrogens is 426 g/mol. The van der Waals surface area contributed by atoms with Crippen molar-refractivity contribution in [2.75, 3.05) is 6.54 Å². The van der Waals surface area contributed by atoms with Crippen molar-refractivity contribution in [2.24, 2.45) is 0 Å². The minimum absolute atomic E-state index is 0.0385. The van der Waals surface area contributed by atoms with Crippen molar-refractivity contribution in [3.8, 4) is 17.2 Å². The lowest BCUT2D eigenvalue weighted by atomic mass is 9.91. The zero-order chi connectivity index (χ0) is 24.4. The largest absolute Gasteiger partial charge is 0.487 e. The SMILES string of the molecule is CC(=O)Oc1c2c(c3ccccc3c1OC(=O)CCNC(=O)OC(C)(C)C)OC(C)(C)CC2. The Bertz CT molecular complexity index is 1080. The highest BCUT2D eigenvalue weighted by Gasteiger charge is 2.34. The molecule has 0 radical (unpaired) electrons. The van der Waals surface area contributed by atoms with Gasteiger partial charge in [-0.05, 0) is 47.5 Å². The Hall–Kier alpha value is -3.29. The fraction of sp³-hybridized carbons (Fsp3) is 0.480. The van der Waals surface area contributed by atoms with Gasteiger partial charge in [-0.3, -0.25) is 9.59 Å². The molecule has 1 aliphatic heterocycles. The first kappa shape index (κ1) is 24.4. The van der Waals surface area contributed by atoms with Gasteiger partial charge in [-0.15, -0.1) is 0 Å². The number of ether oxygens (including phenoxy) is 4. The van der Waals surface area contributed by atoms with Crippen LogP contribution in [0.5, 0.6) is 17.2 Å². The van der Waals surface area contributed by atoms with Crippen molar-refractivity contribution in [2.45, 2.75) is 72.0 Å². The van der Waals surface area contributed by atoms with E-state index in [1.165, 1.54) is 6.92 Å². The zero-order valence-corrected chi connectivity index (χ0v) is 20.0. The number of hydrogen-bond acceptors (Lipinski definition) is 7. The average molecular weight is 458 g/mol. The summed E-state index contributed by atoms with van der Waals surface area (Å²) in [6.07, 6.45) is 0.600. The van der Waals surface area contributed by atoms with Crippen LogP contribution in [0.3, 0.4) is 0 Å². The number of hydrogen-bond donors (Lipinski definition) is 1. The molecule has 0 aliphatic carbocycles. The molecule has 8 nitrogen and oxygen atoms in total. The molecule has 1 aliphatic rings. The van der Waals surface area contributed by atoms with Gasteiger partial charge in [0.1, 0.15) is 17.0 Å². The highest BCUT2D eigenvalue weighted by molar-refractivity contribution is 5.99. The number of carbonyl (C=O) groups is 3. The summed E-state index contributed by atoms with van der Waals surface area (Å²) < 4.78 is 22.6. The van der Waals surface area contributed by atoms with Gasteiger partial charge in [-0.2, -0.15) is 0 Å². The van der Waals surface area contributed by atoms with Gasteiger partial charge in [0, 0.05) is 29.8 Å². The summed E-state index contributed by atoms with van der Waals surface area (Å²) in [6.45, 7) is 10.6. The van der Waals surface area contributed by atoms with Crippen LogP contribution < -0.4 is 19.5 Å². The Kier molecular flexibility index (Phi) is 6.86. The summed E-state index contributed by atoms with van der Waals surface area (Å²) in [7, 11) is 0. The third-order valence-electron chi connectivity index (χ3n) is 4.99. The molecule has 3 rings (SSSR count). The maximum atomic E-state index is 12.6. The molecule has 0 unspecified atom stereocenters. The van der Waals surface area contributed by atoms with E-state index in [0.717, 1.165) is 5.39 Å². The lowest BCUT2D eigenvalue weighted by Gasteiger charge is -2.34. The average Bonchev–Trinajstić information content (AvgIpc) is 2.68. The number of alkyl carbamates (subject to hydrolysis) is 1. The molecule has 0 saturated heterocycles. The Balaban J connectivity index is 1.90. The molecule has 1 amide bonds. The molecule has 0 spiro atoms. The molecule has 8 heteroatoms. The minimum atomic E-state index is -0.637. The van der Waals surface area contributed by atoms with Crippen LogP contribution in [0.4, 0.5) is 4.79 Å². The Morgan fingerprint density at radius 1 is 1.06 bits per heavy atom. The van der Waals surface area contributed by atoms with Crippen LogP contribution in [0.25, 0.3) is 10.8 Å². The standard InChI is InChI=1S/C25H31NO7/c1-15(27)30-22-18-11-13-25(5,6)32-20(18)16-9-7-8-10-17(16)21(22)31-19(28)12-14-26-23(29)33-24(2,3)4/h7-10H,11-14H2,1-6H3,(H,26,29). The topological polar surface area (TPSA) is 100 Å². The van der Waals surface area contributed by atoms with Crippen LogP contribution in [0.1, 0.15) is 59.9 Å². The number of amides is 1. The monoisotopic (exact) mass is 457 g/mol. The molecule has 178 valence electrons. The summed E-state index contributed by atoms with van der Waals surface area (Å²) in [5.74, 6) is -0.113. The van der Waals surface area contributed by atoms with Crippen molar-refractivity contribution < 1.29 is 33.3 Å². The van der Waals surface area contributed by atoms with Gasteiger partial charge in [0.15, 0.2) is 11.5 Å². The van der Waals surface area contributed by atoms with Gasteiger partial charge in [0.05, 0.1) is 6.42 Å². The van der Waals surface area contributed by atoms with Gasteiger partial charge in [0.25, 0.3) is 0 Å². The van der Waals surface area contributed by atoms with Crippen molar-refractivity contribution in [1.29, 1.82) is 0 Å². The van der Waals surface area contributed by atoms with Gasteiger partial charge >= 0.3 is 18.0 Å². The predicted molar refractivity (Wildman–Crippen MR) is 123 cm³/mol. The van der Waals surface area contributed by atoms with E-state index in [0.29, 0.717) is 29.5 Å². The van der Waals surface area contributed by atoms with E-state index in [9.17, 15) is 14.4 Å². The summed E-state index contributed by atoms with van der Waals surface area (Å²) in [5, 5.41) is 3.90. The van der Waals surface area contributed by atoms with Crippen molar-refractivity contribution >= 4 is 28.8 Å². The molecule has 0 saturated carbocycles. The highest BCUT2D eigenvalue weighted by Crippen LogP contribution is 2.50. The minimum Gasteiger partial charge on any atom is -0.487 e. The molecule has 33 heavy (non-hydrogen) atoms. The van der Waals surface area contributed by atoms with Gasteiger partial charge in [-0.25, -0.2) is 4.79 Å². The molecule has 0 fully saturated rings. The molecule has 1 heterocycles. The smallest absolute Gasteiger partial charge is 0.407 e. The summed E-state index contributed by atoms with van der Waals surface area (Å²) in [6, 6.07) is 7.35. The second-order valence-corrected chi connectivity index (χ2v) is 9.62. The first-order valence-corrected chi connectivity index (χ1v) is 11.0. The number of esters is 2. The lowest BCUT2D eigenvalue weighted by Crippen LogP contribution is -2.34. The van der Waals surface area contributed by atoms with E-state index < -0.39 is 23.6 Å². The van der Waals surface area contributed by atoms with Crippen LogP contribution in [0, 0.1) is 0 Å². The zero-order valence-electron chi connectivity index (χ0n) is 20.0. The molecule has 0 atom stereocenters. The first-order chi connectivity index (χ1) is 15.4. The normalized spacial score (nSPS) is 14.6. The summed E-state index contributed by atoms with van der Waals surface area (Å²) >= 11 is 0. The van der Waals surface area contributed by atoms with E-state index in [1.807, 2.05) is 32.0 Å². The third-order valence-corrected chi connectivity index (χ3v) is 4.99. The number of carbonyl (C=O) groups excluding carboxylic acids is 3. The van der Waals surface area contributed by atoms with E-state index in [4.69, 9.17) is 18.9 Å².